The first-order valence-corrected chi connectivity index (χ1v) is 9.90. The van der Waals surface area contributed by atoms with E-state index in [1.807, 2.05) is 37.3 Å². The van der Waals surface area contributed by atoms with E-state index in [9.17, 15) is 18.3 Å². The molecule has 3 atom stereocenters. The van der Waals surface area contributed by atoms with Crippen LogP contribution >= 0.6 is 11.3 Å². The van der Waals surface area contributed by atoms with E-state index in [4.69, 9.17) is 0 Å². The number of fused-ring (bicyclic) bond motifs is 1. The van der Waals surface area contributed by atoms with Gasteiger partial charge in [-0.3, -0.25) is 0 Å². The lowest BCUT2D eigenvalue weighted by Crippen LogP contribution is -2.60. The summed E-state index contributed by atoms with van der Waals surface area (Å²) in [5.74, 6) is -0.876. The van der Waals surface area contributed by atoms with Crippen molar-refractivity contribution in [1.82, 2.24) is 4.98 Å². The fourth-order valence-electron chi connectivity index (χ4n) is 3.96. The third kappa shape index (κ3) is 2.95. The van der Waals surface area contributed by atoms with Gasteiger partial charge in [-0.2, -0.15) is 23.3 Å². The maximum Gasteiger partial charge on any atom is 0.439 e. The molecule has 4 rings (SSSR count). The van der Waals surface area contributed by atoms with Crippen molar-refractivity contribution in [3.63, 3.8) is 0 Å². The number of halogens is 3. The molecular weight excluding hydrogens is 375 g/mol. The quantitative estimate of drug-likeness (QED) is 0.790. The van der Waals surface area contributed by atoms with Crippen LogP contribution in [0.4, 0.5) is 18.3 Å². The molecule has 0 unspecified atom stereocenters. The molecule has 27 heavy (non-hydrogen) atoms. The Bertz CT molecular complexity index is 851. The van der Waals surface area contributed by atoms with E-state index in [1.165, 1.54) is 0 Å². The number of thiazole rings is 1. The average molecular weight is 395 g/mol. The van der Waals surface area contributed by atoms with Crippen LogP contribution in [0.25, 0.3) is 11.3 Å². The second-order valence-electron chi connectivity index (χ2n) is 7.11. The van der Waals surface area contributed by atoms with Gasteiger partial charge >= 0.3 is 6.18 Å². The molecule has 0 amide bonds. The molecule has 1 fully saturated rings. The summed E-state index contributed by atoms with van der Waals surface area (Å²) in [4.78, 5) is 4.35. The van der Waals surface area contributed by atoms with Gasteiger partial charge in [-0.1, -0.05) is 43.7 Å². The van der Waals surface area contributed by atoms with Gasteiger partial charge in [-0.25, -0.2) is 4.98 Å². The number of hydrogen-bond donors (Lipinski definition) is 1. The third-order valence-electron chi connectivity index (χ3n) is 5.55. The first kappa shape index (κ1) is 18.4. The minimum absolute atomic E-state index is 0.0589. The highest BCUT2D eigenvalue weighted by molar-refractivity contribution is 7.14. The molecule has 0 radical (unpaired) electrons. The minimum Gasteiger partial charge on any atom is -0.362 e. The van der Waals surface area contributed by atoms with Gasteiger partial charge < -0.3 is 5.11 Å². The van der Waals surface area contributed by atoms with Gasteiger partial charge in [0.2, 0.25) is 5.13 Å². The Morgan fingerprint density at radius 1 is 1.30 bits per heavy atom. The molecule has 144 valence electrons. The van der Waals surface area contributed by atoms with Crippen LogP contribution in [-0.2, 0) is 0 Å². The highest BCUT2D eigenvalue weighted by atomic mass is 32.1. The smallest absolute Gasteiger partial charge is 0.362 e. The number of rotatable bonds is 3. The minimum atomic E-state index is -4.84. The monoisotopic (exact) mass is 395 g/mol. The summed E-state index contributed by atoms with van der Waals surface area (Å²) in [5.41, 5.74) is -1.23. The predicted molar refractivity (Wildman–Crippen MR) is 99.6 cm³/mol. The van der Waals surface area contributed by atoms with E-state index >= 15 is 0 Å². The number of benzene rings is 1. The van der Waals surface area contributed by atoms with Gasteiger partial charge in [0.25, 0.3) is 5.72 Å². The van der Waals surface area contributed by atoms with Crippen LogP contribution in [0.3, 0.4) is 0 Å². The summed E-state index contributed by atoms with van der Waals surface area (Å²) >= 11 is 1.06. The van der Waals surface area contributed by atoms with E-state index in [2.05, 4.69) is 10.1 Å². The van der Waals surface area contributed by atoms with Gasteiger partial charge in [-0.15, -0.1) is 11.3 Å². The van der Waals surface area contributed by atoms with Gasteiger partial charge in [-0.05, 0) is 25.2 Å². The zero-order valence-corrected chi connectivity index (χ0v) is 15.6. The molecule has 8 heteroatoms. The van der Waals surface area contributed by atoms with Crippen molar-refractivity contribution >= 4 is 22.2 Å². The average Bonchev–Trinajstić information content (AvgIpc) is 3.25. The SMILES string of the molecule is CC[C@@H]1CCC2=NN(c3nc(-c4ccccc4)cs3)[C@@](O)(C(F)(F)F)[C@@H]2C1. The summed E-state index contributed by atoms with van der Waals surface area (Å²) in [6, 6.07) is 9.24. The van der Waals surface area contributed by atoms with Crippen molar-refractivity contribution in [2.45, 2.75) is 44.5 Å². The van der Waals surface area contributed by atoms with Crippen LogP contribution in [0.5, 0.6) is 0 Å². The van der Waals surface area contributed by atoms with Gasteiger partial charge in [0.15, 0.2) is 0 Å². The van der Waals surface area contributed by atoms with Crippen molar-refractivity contribution in [2.75, 3.05) is 5.01 Å². The summed E-state index contributed by atoms with van der Waals surface area (Å²) < 4.78 is 42.1. The summed E-state index contributed by atoms with van der Waals surface area (Å²) in [7, 11) is 0. The van der Waals surface area contributed by atoms with Crippen molar-refractivity contribution in [2.24, 2.45) is 16.9 Å². The van der Waals surface area contributed by atoms with E-state index in [0.29, 0.717) is 29.3 Å². The van der Waals surface area contributed by atoms with Crippen molar-refractivity contribution < 1.29 is 18.3 Å². The number of anilines is 1. The number of aliphatic hydroxyl groups is 1. The Kier molecular flexibility index (Phi) is 4.50. The Balaban J connectivity index is 1.73. The van der Waals surface area contributed by atoms with Crippen molar-refractivity contribution in [3.8, 4) is 11.3 Å². The predicted octanol–water partition coefficient (Wildman–Crippen LogP) is 5.06. The molecule has 4 nitrogen and oxygen atoms in total. The normalized spacial score (nSPS) is 28.2. The van der Waals surface area contributed by atoms with Gasteiger partial charge in [0, 0.05) is 16.7 Å². The highest BCUT2D eigenvalue weighted by Gasteiger charge is 2.68. The molecule has 1 aromatic carbocycles. The molecular formula is C19H20F3N3OS. The largest absolute Gasteiger partial charge is 0.439 e. The number of hydrazone groups is 1. The number of hydrogen-bond acceptors (Lipinski definition) is 5. The third-order valence-corrected chi connectivity index (χ3v) is 6.37. The number of nitrogens with zero attached hydrogens (tertiary/aromatic N) is 3. The lowest BCUT2D eigenvalue weighted by atomic mass is 9.74. The second kappa shape index (κ2) is 6.60. The van der Waals surface area contributed by atoms with E-state index in [1.54, 1.807) is 5.38 Å². The molecule has 0 saturated heterocycles. The molecule has 0 bridgehead atoms. The van der Waals surface area contributed by atoms with Crippen LogP contribution in [0, 0.1) is 11.8 Å². The van der Waals surface area contributed by atoms with Crippen LogP contribution < -0.4 is 5.01 Å². The van der Waals surface area contributed by atoms with Crippen molar-refractivity contribution in [1.29, 1.82) is 0 Å². The van der Waals surface area contributed by atoms with Crippen LogP contribution in [0.1, 0.15) is 32.6 Å². The molecule has 2 aliphatic rings. The highest BCUT2D eigenvalue weighted by Crippen LogP contribution is 2.51. The Labute approximate surface area is 159 Å². The zero-order valence-electron chi connectivity index (χ0n) is 14.8. The zero-order chi connectivity index (χ0) is 19.2. The number of aromatic nitrogens is 1. The second-order valence-corrected chi connectivity index (χ2v) is 7.95. The summed E-state index contributed by atoms with van der Waals surface area (Å²) in [5, 5.41) is 17.5. The lowest BCUT2D eigenvalue weighted by Gasteiger charge is -2.39. The maximum absolute atomic E-state index is 14.0. The van der Waals surface area contributed by atoms with Gasteiger partial charge in [0.05, 0.1) is 11.6 Å². The Morgan fingerprint density at radius 2 is 2.04 bits per heavy atom. The molecule has 2 heterocycles. The molecule has 2 aromatic rings. The first-order chi connectivity index (χ1) is 12.8. The topological polar surface area (TPSA) is 48.7 Å². The van der Waals surface area contributed by atoms with E-state index in [0.717, 1.165) is 29.7 Å². The Hall–Kier alpha value is -1.93. The van der Waals surface area contributed by atoms with Crippen LogP contribution in [0.2, 0.25) is 0 Å². The maximum atomic E-state index is 14.0. The summed E-state index contributed by atoms with van der Waals surface area (Å²) in [6.07, 6.45) is -2.46. The van der Waals surface area contributed by atoms with Crippen molar-refractivity contribution in [3.05, 3.63) is 35.7 Å². The fraction of sp³-hybridized carbons (Fsp3) is 0.474. The molecule has 1 saturated carbocycles. The standard InChI is InChI=1S/C19H20F3N3OS/c1-2-12-8-9-15-14(10-12)18(26,19(20,21)22)25(24-15)17-23-16(11-27-17)13-6-4-3-5-7-13/h3-7,11-12,14,26H,2,8-10H2,1H3/t12-,14-,18+/m1/s1. The first-order valence-electron chi connectivity index (χ1n) is 9.02. The fourth-order valence-corrected chi connectivity index (χ4v) is 4.80. The lowest BCUT2D eigenvalue weighted by molar-refractivity contribution is -0.270. The molecule has 1 aliphatic heterocycles. The Morgan fingerprint density at radius 3 is 2.70 bits per heavy atom. The molecule has 1 aromatic heterocycles. The molecule has 1 N–H and O–H groups in total. The van der Waals surface area contributed by atoms with Crippen LogP contribution in [-0.4, -0.2) is 27.7 Å². The molecule has 0 spiro atoms. The molecule has 1 aliphatic carbocycles. The summed E-state index contributed by atoms with van der Waals surface area (Å²) in [6.45, 7) is 1.97. The van der Waals surface area contributed by atoms with E-state index < -0.39 is 17.8 Å². The van der Waals surface area contributed by atoms with E-state index in [-0.39, 0.29) is 11.0 Å². The van der Waals surface area contributed by atoms with Gasteiger partial charge in [0.1, 0.15) is 0 Å². The van der Waals surface area contributed by atoms with Crippen LogP contribution in [0.15, 0.2) is 40.8 Å². The number of alkyl halides is 3.